The van der Waals surface area contributed by atoms with E-state index in [1.165, 1.54) is 16.5 Å². The lowest BCUT2D eigenvalue weighted by Crippen LogP contribution is -2.65. The number of likely N-dealkylation sites (N-methyl/N-ethyl adjacent to an activating group) is 1. The Morgan fingerprint density at radius 3 is 2.78 bits per heavy atom. The maximum absolute atomic E-state index is 14.4. The highest BCUT2D eigenvalue weighted by molar-refractivity contribution is 6.01. The predicted molar refractivity (Wildman–Crippen MR) is 155 cm³/mol. The molecule has 2 N–H and O–H groups in total. The number of amides is 3. The van der Waals surface area contributed by atoms with Gasteiger partial charge in [0.05, 0.1) is 12.0 Å². The van der Waals surface area contributed by atoms with Crippen LogP contribution in [0.15, 0.2) is 30.5 Å². The second-order valence-corrected chi connectivity index (χ2v) is 13.4. The number of ether oxygens (including phenoxy) is 1. The van der Waals surface area contributed by atoms with Crippen molar-refractivity contribution < 1.29 is 19.1 Å². The van der Waals surface area contributed by atoms with Crippen LogP contribution in [0.2, 0.25) is 0 Å². The van der Waals surface area contributed by atoms with Crippen molar-refractivity contribution in [2.24, 2.45) is 17.8 Å². The Hall–Kier alpha value is -3.17. The fourth-order valence-corrected chi connectivity index (χ4v) is 8.02. The molecule has 2 aromatic rings. The minimum atomic E-state index is -1.51. The summed E-state index contributed by atoms with van der Waals surface area (Å²) in [6.07, 6.45) is 6.82. The summed E-state index contributed by atoms with van der Waals surface area (Å²) in [6.45, 7) is 9.22. The molecule has 7 rings (SSSR count). The van der Waals surface area contributed by atoms with Gasteiger partial charge in [-0.1, -0.05) is 45.9 Å². The van der Waals surface area contributed by atoms with E-state index in [9.17, 15) is 14.4 Å². The third kappa shape index (κ3) is 3.84. The average Bonchev–Trinajstić information content (AvgIpc) is 3.65. The lowest BCUT2D eigenvalue weighted by molar-refractivity contribution is -0.172. The standard InChI is InChI=1S/C32H41N5O4/c1-17(2)12-26-29(39)36-11-7-10-24(36)30-37(26)31(40)32(41-30,18(3)4)34-28(38)20-13-22-21-8-6-9-23-27(21)19(15-33-23)14-25(22)35(5)16-20/h6,8-9,13,15,17-18,20,24-26,30,33H,7,10-12,14,16H2,1-5H3,(H,34,38)/t20?,24?,25?,26-,30?,32?/m0/s1. The number of carbonyl (C=O) groups excluding carboxylic acids is 3. The van der Waals surface area contributed by atoms with Crippen LogP contribution in [0.5, 0.6) is 0 Å². The average molecular weight is 560 g/mol. The molecule has 4 aliphatic heterocycles. The van der Waals surface area contributed by atoms with E-state index in [1.807, 2.05) is 18.7 Å². The van der Waals surface area contributed by atoms with Crippen LogP contribution in [0, 0.1) is 17.8 Å². The summed E-state index contributed by atoms with van der Waals surface area (Å²) in [5.41, 5.74) is 3.23. The van der Waals surface area contributed by atoms with Gasteiger partial charge in [-0.15, -0.1) is 0 Å². The number of nitrogens with zero attached hydrogens (tertiary/aromatic N) is 3. The van der Waals surface area contributed by atoms with Gasteiger partial charge >= 0.3 is 0 Å². The summed E-state index contributed by atoms with van der Waals surface area (Å²) in [4.78, 5) is 51.3. The van der Waals surface area contributed by atoms with Crippen molar-refractivity contribution in [2.45, 2.75) is 83.5 Å². The van der Waals surface area contributed by atoms with Crippen LogP contribution in [0.1, 0.15) is 58.1 Å². The first-order valence-electron chi connectivity index (χ1n) is 15.2. The van der Waals surface area contributed by atoms with Gasteiger partial charge in [0.2, 0.25) is 17.5 Å². The number of benzene rings is 1. The third-order valence-electron chi connectivity index (χ3n) is 10.1. The van der Waals surface area contributed by atoms with Gasteiger partial charge < -0.3 is 19.9 Å². The van der Waals surface area contributed by atoms with E-state index in [1.54, 1.807) is 4.90 Å². The number of piperazine rings is 1. The summed E-state index contributed by atoms with van der Waals surface area (Å²) in [7, 11) is 2.07. The van der Waals surface area contributed by atoms with E-state index in [0.717, 1.165) is 30.4 Å². The summed E-state index contributed by atoms with van der Waals surface area (Å²) < 4.78 is 6.69. The Bertz CT molecular complexity index is 1460. The van der Waals surface area contributed by atoms with Crippen molar-refractivity contribution >= 4 is 34.2 Å². The van der Waals surface area contributed by atoms with Crippen molar-refractivity contribution in [1.29, 1.82) is 0 Å². The van der Waals surface area contributed by atoms with E-state index < -0.39 is 23.9 Å². The number of hydrogen-bond donors (Lipinski definition) is 2. The maximum Gasteiger partial charge on any atom is 0.279 e. The highest BCUT2D eigenvalue weighted by Gasteiger charge is 2.64. The molecule has 9 heteroatoms. The van der Waals surface area contributed by atoms with E-state index in [2.05, 4.69) is 66.6 Å². The monoisotopic (exact) mass is 559 g/mol. The molecule has 5 heterocycles. The minimum absolute atomic E-state index is 0.0144. The molecule has 0 saturated carbocycles. The van der Waals surface area contributed by atoms with Gasteiger partial charge in [-0.3, -0.25) is 24.2 Å². The molecular weight excluding hydrogens is 518 g/mol. The van der Waals surface area contributed by atoms with Gasteiger partial charge in [0.15, 0.2) is 6.23 Å². The number of carbonyl (C=O) groups is 3. The van der Waals surface area contributed by atoms with Gasteiger partial charge in [0, 0.05) is 42.1 Å². The number of aromatic amines is 1. The zero-order valence-electron chi connectivity index (χ0n) is 24.6. The predicted octanol–water partition coefficient (Wildman–Crippen LogP) is 3.11. The molecule has 0 bridgehead atoms. The Morgan fingerprint density at radius 1 is 1.22 bits per heavy atom. The topological polar surface area (TPSA) is 98.0 Å². The van der Waals surface area contributed by atoms with Crippen LogP contribution in [0.3, 0.4) is 0 Å². The first kappa shape index (κ1) is 26.7. The van der Waals surface area contributed by atoms with E-state index in [-0.39, 0.29) is 41.6 Å². The molecule has 1 aromatic carbocycles. The summed E-state index contributed by atoms with van der Waals surface area (Å²) in [5.74, 6) is -1.01. The molecule has 1 aromatic heterocycles. The Labute approximate surface area is 241 Å². The molecule has 0 radical (unpaired) electrons. The smallest absolute Gasteiger partial charge is 0.279 e. The van der Waals surface area contributed by atoms with E-state index in [0.29, 0.717) is 19.5 Å². The Morgan fingerprint density at radius 2 is 2.02 bits per heavy atom. The van der Waals surface area contributed by atoms with Gasteiger partial charge in [0.1, 0.15) is 6.04 Å². The van der Waals surface area contributed by atoms with E-state index >= 15 is 0 Å². The quantitative estimate of drug-likeness (QED) is 0.587. The van der Waals surface area contributed by atoms with Crippen LogP contribution >= 0.6 is 0 Å². The van der Waals surface area contributed by atoms with Gasteiger partial charge in [-0.2, -0.15) is 0 Å². The van der Waals surface area contributed by atoms with Crippen molar-refractivity contribution in [1.82, 2.24) is 25.0 Å². The Balaban J connectivity index is 1.22. The number of fused-ring (bicyclic) bond motifs is 5. The van der Waals surface area contributed by atoms with Crippen LogP contribution in [0.4, 0.5) is 0 Å². The zero-order valence-corrected chi connectivity index (χ0v) is 24.6. The van der Waals surface area contributed by atoms with Crippen LogP contribution in [0.25, 0.3) is 16.5 Å². The molecule has 41 heavy (non-hydrogen) atoms. The van der Waals surface area contributed by atoms with Gasteiger partial charge in [0.25, 0.3) is 5.91 Å². The SMILES string of the molecule is CC(C)C[C@H]1C(=O)N2CCCC2C2OC(NC(=O)C3C=C4c5cccc6[nH]cc(c56)CC4N(C)C3)(C(C)C)C(=O)N21. The second kappa shape index (κ2) is 9.42. The number of hydrogen-bond acceptors (Lipinski definition) is 5. The van der Waals surface area contributed by atoms with Crippen LogP contribution in [-0.2, 0) is 25.5 Å². The fraction of sp³-hybridized carbons (Fsp3) is 0.594. The van der Waals surface area contributed by atoms with Crippen molar-refractivity contribution in [3.05, 3.63) is 41.6 Å². The minimum Gasteiger partial charge on any atom is -0.361 e. The van der Waals surface area contributed by atoms with Crippen molar-refractivity contribution in [3.63, 3.8) is 0 Å². The number of rotatable bonds is 5. The highest BCUT2D eigenvalue weighted by Crippen LogP contribution is 2.44. The molecule has 9 nitrogen and oxygen atoms in total. The number of H-pyrrole nitrogens is 1. The number of nitrogens with one attached hydrogen (secondary N) is 2. The molecule has 3 amide bonds. The largest absolute Gasteiger partial charge is 0.361 e. The molecule has 1 aliphatic carbocycles. The summed E-state index contributed by atoms with van der Waals surface area (Å²) in [5, 5.41) is 4.36. The molecule has 5 unspecified atom stereocenters. The van der Waals surface area contributed by atoms with Crippen LogP contribution < -0.4 is 5.32 Å². The molecule has 3 saturated heterocycles. The lowest BCUT2D eigenvalue weighted by atomic mass is 9.79. The first-order valence-corrected chi connectivity index (χ1v) is 15.2. The van der Waals surface area contributed by atoms with Crippen molar-refractivity contribution in [2.75, 3.05) is 20.1 Å². The zero-order chi connectivity index (χ0) is 28.8. The lowest BCUT2D eigenvalue weighted by Gasteiger charge is -2.44. The third-order valence-corrected chi connectivity index (χ3v) is 10.1. The second-order valence-electron chi connectivity index (χ2n) is 13.4. The van der Waals surface area contributed by atoms with Gasteiger partial charge in [-0.05, 0) is 61.4 Å². The van der Waals surface area contributed by atoms with Crippen molar-refractivity contribution in [3.8, 4) is 0 Å². The first-order chi connectivity index (χ1) is 19.6. The summed E-state index contributed by atoms with van der Waals surface area (Å²) in [6, 6.07) is 5.74. The molecular formula is C32H41N5O4. The molecule has 6 atom stereocenters. The van der Waals surface area contributed by atoms with Crippen LogP contribution in [-0.4, -0.2) is 87.6 Å². The molecule has 5 aliphatic rings. The summed E-state index contributed by atoms with van der Waals surface area (Å²) >= 11 is 0. The normalized spacial score (nSPS) is 33.0. The van der Waals surface area contributed by atoms with Gasteiger partial charge in [-0.25, -0.2) is 0 Å². The Kier molecular flexibility index (Phi) is 6.14. The molecule has 0 spiro atoms. The molecule has 3 fully saturated rings. The number of aromatic nitrogens is 1. The highest BCUT2D eigenvalue weighted by atomic mass is 16.6. The maximum atomic E-state index is 14.4. The van der Waals surface area contributed by atoms with E-state index in [4.69, 9.17) is 4.74 Å². The fourth-order valence-electron chi connectivity index (χ4n) is 8.02. The molecule has 218 valence electrons.